The molecule has 1 aliphatic rings. The fourth-order valence-electron chi connectivity index (χ4n) is 4.38. The summed E-state index contributed by atoms with van der Waals surface area (Å²) in [6, 6.07) is 12.5. The van der Waals surface area contributed by atoms with Crippen LogP contribution in [0.3, 0.4) is 0 Å². The summed E-state index contributed by atoms with van der Waals surface area (Å²) in [4.78, 5) is 24.5. The van der Waals surface area contributed by atoms with Gasteiger partial charge in [0.1, 0.15) is 5.65 Å². The number of pyridine rings is 1. The van der Waals surface area contributed by atoms with Gasteiger partial charge >= 0.3 is 0 Å². The minimum absolute atomic E-state index is 0.0973. The normalized spacial score (nSPS) is 13.7. The molecule has 0 aliphatic heterocycles. The Hall–Kier alpha value is -2.58. The number of aryl methyl sites for hydroxylation is 1. The van der Waals surface area contributed by atoms with Gasteiger partial charge in [-0.3, -0.25) is 4.79 Å². The molecule has 0 saturated heterocycles. The molecular weight excluding hydrogens is 480 g/mol. The number of hydrogen-bond acceptors (Lipinski definition) is 5. The lowest BCUT2D eigenvalue weighted by molar-refractivity contribution is 0.0948. The number of hydrogen-bond donors (Lipinski definition) is 3. The molecule has 1 amide bonds. The number of aromatic nitrogens is 2. The average molecular weight is 509 g/mol. The molecule has 6 nitrogen and oxygen atoms in total. The van der Waals surface area contributed by atoms with Gasteiger partial charge in [-0.1, -0.05) is 23.7 Å². The SMILES string of the molecule is Cc1c(C(=O)NCCN(C)CCO)cc(-c2cccc(SC3CC3)c2)c2c1[nH]c1ncc(Cl)cc12. The van der Waals surface area contributed by atoms with Gasteiger partial charge < -0.3 is 20.3 Å². The fourth-order valence-corrected chi connectivity index (χ4v) is 5.65. The van der Waals surface area contributed by atoms with Gasteiger partial charge in [0.15, 0.2) is 0 Å². The highest BCUT2D eigenvalue weighted by Crippen LogP contribution is 2.42. The number of thioether (sulfide) groups is 1. The van der Waals surface area contributed by atoms with Crippen LogP contribution in [0.5, 0.6) is 0 Å². The molecule has 3 N–H and O–H groups in total. The molecule has 1 fully saturated rings. The Morgan fingerprint density at radius 2 is 2.11 bits per heavy atom. The number of nitrogens with one attached hydrogen (secondary N) is 2. The highest BCUT2D eigenvalue weighted by molar-refractivity contribution is 8.00. The highest BCUT2D eigenvalue weighted by Gasteiger charge is 2.23. The Morgan fingerprint density at radius 1 is 1.29 bits per heavy atom. The van der Waals surface area contributed by atoms with Crippen LogP contribution in [0.2, 0.25) is 5.02 Å². The van der Waals surface area contributed by atoms with Crippen molar-refractivity contribution in [3.63, 3.8) is 0 Å². The van der Waals surface area contributed by atoms with Gasteiger partial charge in [0.25, 0.3) is 5.91 Å². The zero-order valence-corrected chi connectivity index (χ0v) is 21.5. The molecule has 0 atom stereocenters. The molecular formula is C27H29ClN4O2S. The Labute approximate surface area is 214 Å². The predicted molar refractivity (Wildman–Crippen MR) is 145 cm³/mol. The lowest BCUT2D eigenvalue weighted by atomic mass is 9.94. The molecule has 0 unspecified atom stereocenters. The fraction of sp³-hybridized carbons (Fsp3) is 0.333. The van der Waals surface area contributed by atoms with Gasteiger partial charge in [0.05, 0.1) is 17.1 Å². The molecule has 35 heavy (non-hydrogen) atoms. The first kappa shape index (κ1) is 24.1. The Morgan fingerprint density at radius 3 is 2.89 bits per heavy atom. The molecule has 4 aromatic rings. The van der Waals surface area contributed by atoms with Crippen LogP contribution in [-0.2, 0) is 0 Å². The summed E-state index contributed by atoms with van der Waals surface area (Å²) in [6.45, 7) is 3.80. The first-order chi connectivity index (χ1) is 16.9. The zero-order chi connectivity index (χ0) is 24.5. The van der Waals surface area contributed by atoms with E-state index in [0.29, 0.717) is 35.5 Å². The lowest BCUT2D eigenvalue weighted by Gasteiger charge is -2.16. The minimum Gasteiger partial charge on any atom is -0.395 e. The third-order valence-corrected chi connectivity index (χ3v) is 7.97. The van der Waals surface area contributed by atoms with Crippen molar-refractivity contribution in [2.75, 3.05) is 33.3 Å². The van der Waals surface area contributed by atoms with Crippen LogP contribution in [-0.4, -0.2) is 64.4 Å². The molecule has 182 valence electrons. The average Bonchev–Trinajstić information content (AvgIpc) is 3.57. The number of likely N-dealkylation sites (N-methyl/N-ethyl adjacent to an activating group) is 1. The van der Waals surface area contributed by atoms with Crippen LogP contribution in [0.25, 0.3) is 33.1 Å². The number of aliphatic hydroxyl groups excluding tert-OH is 1. The van der Waals surface area contributed by atoms with E-state index in [1.807, 2.05) is 42.8 Å². The van der Waals surface area contributed by atoms with Crippen molar-refractivity contribution >= 4 is 51.2 Å². The second kappa shape index (κ2) is 10.2. The Kier molecular flexibility index (Phi) is 7.02. The molecule has 2 aromatic carbocycles. The summed E-state index contributed by atoms with van der Waals surface area (Å²) < 4.78 is 0. The monoisotopic (exact) mass is 508 g/mol. The summed E-state index contributed by atoms with van der Waals surface area (Å²) in [5.41, 5.74) is 5.22. The van der Waals surface area contributed by atoms with E-state index in [1.54, 1.807) is 6.20 Å². The number of aliphatic hydroxyl groups is 1. The lowest BCUT2D eigenvalue weighted by Crippen LogP contribution is -2.34. The number of nitrogens with zero attached hydrogens (tertiary/aromatic N) is 2. The van der Waals surface area contributed by atoms with Crippen LogP contribution in [0.1, 0.15) is 28.8 Å². The Balaban J connectivity index is 1.60. The van der Waals surface area contributed by atoms with Crippen LogP contribution in [0.15, 0.2) is 47.5 Å². The number of benzene rings is 2. The number of aromatic amines is 1. The van der Waals surface area contributed by atoms with Crippen LogP contribution < -0.4 is 5.32 Å². The standard InChI is InChI=1S/C27H29ClN4O2S/c1-16-21(27(34)29-8-9-32(2)10-11-33)14-22(17-4-3-5-20(12-17)35-19-6-7-19)24-23-13-18(28)15-30-26(23)31-25(16)24/h3-5,12-15,19,33H,6-11H2,1-2H3,(H,29,34)(H,30,31). The maximum atomic E-state index is 13.3. The third-order valence-electron chi connectivity index (χ3n) is 6.43. The number of rotatable bonds is 9. The van der Waals surface area contributed by atoms with Crippen molar-refractivity contribution in [3.8, 4) is 11.1 Å². The van der Waals surface area contributed by atoms with Crippen molar-refractivity contribution in [3.05, 3.63) is 58.7 Å². The van der Waals surface area contributed by atoms with Crippen molar-refractivity contribution in [2.45, 2.75) is 29.9 Å². The molecule has 0 radical (unpaired) electrons. The van der Waals surface area contributed by atoms with E-state index in [4.69, 9.17) is 16.7 Å². The first-order valence-electron chi connectivity index (χ1n) is 11.9. The van der Waals surface area contributed by atoms with E-state index in [9.17, 15) is 4.79 Å². The van der Waals surface area contributed by atoms with Gasteiger partial charge in [-0.15, -0.1) is 11.8 Å². The number of carbonyl (C=O) groups is 1. The van der Waals surface area contributed by atoms with Gasteiger partial charge in [-0.05, 0) is 67.8 Å². The van der Waals surface area contributed by atoms with E-state index < -0.39 is 0 Å². The molecule has 0 spiro atoms. The summed E-state index contributed by atoms with van der Waals surface area (Å²) >= 11 is 8.25. The molecule has 5 rings (SSSR count). The van der Waals surface area contributed by atoms with Crippen LogP contribution >= 0.6 is 23.4 Å². The largest absolute Gasteiger partial charge is 0.395 e. The molecule has 8 heteroatoms. The zero-order valence-electron chi connectivity index (χ0n) is 19.9. The second-order valence-corrected chi connectivity index (χ2v) is 11.0. The summed E-state index contributed by atoms with van der Waals surface area (Å²) in [6.07, 6.45) is 4.18. The van der Waals surface area contributed by atoms with Crippen molar-refractivity contribution in [1.82, 2.24) is 20.2 Å². The first-order valence-corrected chi connectivity index (χ1v) is 13.2. The second-order valence-electron chi connectivity index (χ2n) is 9.15. The maximum Gasteiger partial charge on any atom is 0.251 e. The molecule has 2 aromatic heterocycles. The van der Waals surface area contributed by atoms with Crippen LogP contribution in [0.4, 0.5) is 0 Å². The molecule has 1 aliphatic carbocycles. The maximum absolute atomic E-state index is 13.3. The number of amides is 1. The molecule has 0 bridgehead atoms. The third kappa shape index (κ3) is 5.19. The van der Waals surface area contributed by atoms with Gasteiger partial charge in [0, 0.05) is 52.3 Å². The topological polar surface area (TPSA) is 81.3 Å². The number of fused-ring (bicyclic) bond motifs is 3. The number of halogens is 1. The summed E-state index contributed by atoms with van der Waals surface area (Å²) in [5.74, 6) is -0.115. The van der Waals surface area contributed by atoms with Gasteiger partial charge in [-0.25, -0.2) is 4.98 Å². The van der Waals surface area contributed by atoms with Crippen molar-refractivity contribution in [1.29, 1.82) is 0 Å². The number of H-pyrrole nitrogens is 1. The van der Waals surface area contributed by atoms with E-state index in [1.165, 1.54) is 17.7 Å². The molecule has 2 heterocycles. The smallest absolute Gasteiger partial charge is 0.251 e. The molecule has 1 saturated carbocycles. The van der Waals surface area contributed by atoms with E-state index in [-0.39, 0.29) is 12.5 Å². The van der Waals surface area contributed by atoms with Crippen molar-refractivity contribution < 1.29 is 9.90 Å². The highest BCUT2D eigenvalue weighted by atomic mass is 35.5. The van der Waals surface area contributed by atoms with E-state index >= 15 is 0 Å². The van der Waals surface area contributed by atoms with Gasteiger partial charge in [0.2, 0.25) is 0 Å². The minimum atomic E-state index is -0.115. The summed E-state index contributed by atoms with van der Waals surface area (Å²) in [7, 11) is 1.92. The van der Waals surface area contributed by atoms with Crippen LogP contribution in [0, 0.1) is 6.92 Å². The Bertz CT molecular complexity index is 1400. The van der Waals surface area contributed by atoms with Crippen molar-refractivity contribution in [2.24, 2.45) is 0 Å². The summed E-state index contributed by atoms with van der Waals surface area (Å²) in [5, 5.41) is 15.4. The van der Waals surface area contributed by atoms with Gasteiger partial charge in [-0.2, -0.15) is 0 Å². The quantitative estimate of drug-likeness (QED) is 0.287. The van der Waals surface area contributed by atoms with E-state index in [2.05, 4.69) is 39.6 Å². The predicted octanol–water partition coefficient (Wildman–Crippen LogP) is 5.25. The number of carbonyl (C=O) groups excluding carboxylic acids is 1. The van der Waals surface area contributed by atoms with E-state index in [0.717, 1.165) is 38.6 Å².